The summed E-state index contributed by atoms with van der Waals surface area (Å²) in [5, 5.41) is 3.91. The van der Waals surface area contributed by atoms with Gasteiger partial charge in [-0.2, -0.15) is 0 Å². The van der Waals surface area contributed by atoms with Crippen LogP contribution >= 0.6 is 11.8 Å². The van der Waals surface area contributed by atoms with Crippen LogP contribution in [0, 0.1) is 6.92 Å². The second kappa shape index (κ2) is 7.32. The molecular formula is C17H25NO2S. The first-order valence-corrected chi connectivity index (χ1v) is 8.55. The van der Waals surface area contributed by atoms with Gasteiger partial charge in [0.25, 0.3) is 0 Å². The van der Waals surface area contributed by atoms with Gasteiger partial charge in [-0.1, -0.05) is 25.1 Å². The summed E-state index contributed by atoms with van der Waals surface area (Å²) in [5.41, 5.74) is 0.824. The molecule has 0 saturated heterocycles. The molecule has 116 valence electrons. The van der Waals surface area contributed by atoms with Crippen LogP contribution in [0.25, 0.3) is 0 Å². The zero-order valence-corrected chi connectivity index (χ0v) is 14.0. The van der Waals surface area contributed by atoms with Crippen molar-refractivity contribution in [3.8, 4) is 0 Å². The molecule has 2 unspecified atom stereocenters. The maximum Gasteiger partial charge on any atom is 0.326 e. The van der Waals surface area contributed by atoms with Crippen molar-refractivity contribution in [2.45, 2.75) is 55.2 Å². The number of hydrogen-bond donors (Lipinski definition) is 1. The van der Waals surface area contributed by atoms with Crippen molar-refractivity contribution in [3.05, 3.63) is 29.8 Å². The SMILES string of the molecule is CCCNC1(C(=O)OC)CCC(Sc2ccccc2C)C1. The van der Waals surface area contributed by atoms with Gasteiger partial charge < -0.3 is 10.1 Å². The number of carbonyl (C=O) groups excluding carboxylic acids is 1. The Balaban J connectivity index is 2.06. The minimum absolute atomic E-state index is 0.108. The lowest BCUT2D eigenvalue weighted by Crippen LogP contribution is -2.51. The number of aryl methyl sites for hydroxylation is 1. The average molecular weight is 307 g/mol. The third-order valence-electron chi connectivity index (χ3n) is 4.15. The Bertz CT molecular complexity index is 491. The van der Waals surface area contributed by atoms with Crippen molar-refractivity contribution in [1.82, 2.24) is 5.32 Å². The summed E-state index contributed by atoms with van der Waals surface area (Å²) < 4.78 is 5.05. The molecule has 4 heteroatoms. The van der Waals surface area contributed by atoms with Gasteiger partial charge in [-0.25, -0.2) is 0 Å². The highest BCUT2D eigenvalue weighted by atomic mass is 32.2. The topological polar surface area (TPSA) is 38.3 Å². The predicted molar refractivity (Wildman–Crippen MR) is 87.7 cm³/mol. The van der Waals surface area contributed by atoms with Gasteiger partial charge in [-0.05, 0) is 50.8 Å². The molecule has 1 saturated carbocycles. The van der Waals surface area contributed by atoms with Crippen LogP contribution in [0.15, 0.2) is 29.2 Å². The highest BCUT2D eigenvalue weighted by molar-refractivity contribution is 8.00. The maximum absolute atomic E-state index is 12.2. The Labute approximate surface area is 131 Å². The molecule has 1 fully saturated rings. The summed E-state index contributed by atoms with van der Waals surface area (Å²) in [6, 6.07) is 8.44. The average Bonchev–Trinajstić information content (AvgIpc) is 2.91. The molecular weight excluding hydrogens is 282 g/mol. The van der Waals surface area contributed by atoms with Gasteiger partial charge in [-0.15, -0.1) is 11.8 Å². The van der Waals surface area contributed by atoms with E-state index in [1.165, 1.54) is 17.6 Å². The van der Waals surface area contributed by atoms with Crippen molar-refractivity contribution in [2.24, 2.45) is 0 Å². The van der Waals surface area contributed by atoms with Crippen molar-refractivity contribution in [1.29, 1.82) is 0 Å². The van der Waals surface area contributed by atoms with E-state index < -0.39 is 5.54 Å². The lowest BCUT2D eigenvalue weighted by atomic mass is 9.97. The first kappa shape index (κ1) is 16.4. The highest BCUT2D eigenvalue weighted by Gasteiger charge is 2.46. The van der Waals surface area contributed by atoms with Gasteiger partial charge in [0.2, 0.25) is 0 Å². The molecule has 1 aromatic rings. The number of nitrogens with one attached hydrogen (secondary N) is 1. The molecule has 0 heterocycles. The van der Waals surface area contributed by atoms with Crippen LogP contribution in [0.3, 0.4) is 0 Å². The number of carbonyl (C=O) groups is 1. The number of ether oxygens (including phenoxy) is 1. The maximum atomic E-state index is 12.2. The van der Waals surface area contributed by atoms with E-state index in [1.54, 1.807) is 0 Å². The number of hydrogen-bond acceptors (Lipinski definition) is 4. The number of benzene rings is 1. The molecule has 1 aromatic carbocycles. The van der Waals surface area contributed by atoms with Gasteiger partial charge in [0.15, 0.2) is 0 Å². The van der Waals surface area contributed by atoms with E-state index in [2.05, 4.69) is 43.4 Å². The van der Waals surface area contributed by atoms with E-state index in [0.29, 0.717) is 5.25 Å². The van der Waals surface area contributed by atoms with E-state index >= 15 is 0 Å². The monoisotopic (exact) mass is 307 g/mol. The molecule has 0 aromatic heterocycles. The van der Waals surface area contributed by atoms with Crippen molar-refractivity contribution in [2.75, 3.05) is 13.7 Å². The van der Waals surface area contributed by atoms with E-state index in [4.69, 9.17) is 4.74 Å². The second-order valence-electron chi connectivity index (χ2n) is 5.75. The smallest absolute Gasteiger partial charge is 0.326 e. The molecule has 0 aliphatic heterocycles. The van der Waals surface area contributed by atoms with E-state index in [9.17, 15) is 4.79 Å². The van der Waals surface area contributed by atoms with Gasteiger partial charge in [0.05, 0.1) is 7.11 Å². The zero-order chi connectivity index (χ0) is 15.3. The molecule has 1 aliphatic carbocycles. The molecule has 0 spiro atoms. The van der Waals surface area contributed by atoms with Crippen LogP contribution in [0.5, 0.6) is 0 Å². The molecule has 0 amide bonds. The number of thioether (sulfide) groups is 1. The Morgan fingerprint density at radius 1 is 1.48 bits per heavy atom. The molecule has 2 rings (SSSR count). The van der Waals surface area contributed by atoms with Gasteiger partial charge in [-0.3, -0.25) is 4.79 Å². The molecule has 2 atom stereocenters. The molecule has 3 nitrogen and oxygen atoms in total. The van der Waals surface area contributed by atoms with E-state index in [-0.39, 0.29) is 5.97 Å². The van der Waals surface area contributed by atoms with Crippen LogP contribution in [-0.2, 0) is 9.53 Å². The lowest BCUT2D eigenvalue weighted by Gasteiger charge is -2.27. The quantitative estimate of drug-likeness (QED) is 0.816. The van der Waals surface area contributed by atoms with Gasteiger partial charge in [0.1, 0.15) is 5.54 Å². The Hall–Kier alpha value is -1.00. The molecule has 0 bridgehead atoms. The fraction of sp³-hybridized carbons (Fsp3) is 0.588. The van der Waals surface area contributed by atoms with Crippen molar-refractivity contribution < 1.29 is 9.53 Å². The van der Waals surface area contributed by atoms with Crippen LogP contribution < -0.4 is 5.32 Å². The summed E-state index contributed by atoms with van der Waals surface area (Å²) >= 11 is 1.89. The molecule has 0 radical (unpaired) electrons. The fourth-order valence-corrected chi connectivity index (χ4v) is 4.32. The lowest BCUT2D eigenvalue weighted by molar-refractivity contribution is -0.148. The molecule has 21 heavy (non-hydrogen) atoms. The Morgan fingerprint density at radius 3 is 2.90 bits per heavy atom. The summed E-state index contributed by atoms with van der Waals surface area (Å²) in [6.45, 7) is 5.11. The minimum Gasteiger partial charge on any atom is -0.468 e. The van der Waals surface area contributed by atoms with Crippen LogP contribution in [0.2, 0.25) is 0 Å². The van der Waals surface area contributed by atoms with E-state index in [1.807, 2.05) is 11.8 Å². The van der Waals surface area contributed by atoms with E-state index in [0.717, 1.165) is 32.2 Å². The Morgan fingerprint density at radius 2 is 2.24 bits per heavy atom. The van der Waals surface area contributed by atoms with Crippen LogP contribution in [0.1, 0.15) is 38.2 Å². The van der Waals surface area contributed by atoms with Crippen molar-refractivity contribution in [3.63, 3.8) is 0 Å². The van der Waals surface area contributed by atoms with Crippen LogP contribution in [-0.4, -0.2) is 30.4 Å². The standard InChI is InChI=1S/C17H25NO2S/c1-4-11-18-17(16(19)20-3)10-9-14(12-17)21-15-8-6-5-7-13(15)2/h5-8,14,18H,4,9-12H2,1-3H3. The second-order valence-corrected chi connectivity index (χ2v) is 7.09. The highest BCUT2D eigenvalue weighted by Crippen LogP contribution is 2.41. The zero-order valence-electron chi connectivity index (χ0n) is 13.1. The third-order valence-corrected chi connectivity index (χ3v) is 5.59. The van der Waals surface area contributed by atoms with Gasteiger partial charge >= 0.3 is 5.97 Å². The fourth-order valence-electron chi connectivity index (χ4n) is 2.95. The third kappa shape index (κ3) is 3.80. The normalized spacial score (nSPS) is 25.0. The van der Waals surface area contributed by atoms with Gasteiger partial charge in [0, 0.05) is 10.1 Å². The summed E-state index contributed by atoms with van der Waals surface area (Å²) in [4.78, 5) is 13.5. The summed E-state index contributed by atoms with van der Waals surface area (Å²) in [5.74, 6) is -0.108. The molecule has 1 aliphatic rings. The Kier molecular flexibility index (Phi) is 5.71. The number of methoxy groups -OCH3 is 1. The first-order chi connectivity index (χ1) is 10.1. The van der Waals surface area contributed by atoms with Crippen LogP contribution in [0.4, 0.5) is 0 Å². The number of rotatable bonds is 6. The predicted octanol–water partition coefficient (Wildman–Crippen LogP) is 3.55. The first-order valence-electron chi connectivity index (χ1n) is 7.67. The minimum atomic E-state index is -0.481. The summed E-state index contributed by atoms with van der Waals surface area (Å²) in [7, 11) is 1.49. The van der Waals surface area contributed by atoms with Crippen molar-refractivity contribution >= 4 is 17.7 Å². The molecule has 1 N–H and O–H groups in total. The number of esters is 1. The summed E-state index contributed by atoms with van der Waals surface area (Å²) in [6.07, 6.45) is 3.78. The largest absolute Gasteiger partial charge is 0.468 e.